The quantitative estimate of drug-likeness (QED) is 0.877. The number of carbonyl (C=O) groups is 1. The highest BCUT2D eigenvalue weighted by Crippen LogP contribution is 2.26. The highest BCUT2D eigenvalue weighted by molar-refractivity contribution is 5.87. The molecule has 1 heterocycles. The Morgan fingerprint density at radius 3 is 2.86 bits per heavy atom. The van der Waals surface area contributed by atoms with Crippen molar-refractivity contribution in [1.29, 1.82) is 0 Å². The van der Waals surface area contributed by atoms with Crippen LogP contribution in [0.1, 0.15) is 51.1 Å². The fraction of sp³-hybridized carbons (Fsp3) is 0.562. The zero-order valence-electron chi connectivity index (χ0n) is 12.5. The Bertz CT molecular complexity index is 513. The van der Waals surface area contributed by atoms with Crippen molar-refractivity contribution in [3.8, 4) is 0 Å². The van der Waals surface area contributed by atoms with Gasteiger partial charge in [-0.1, -0.05) is 13.3 Å². The molecule has 1 saturated heterocycles. The number of carbonyl (C=O) groups excluding carboxylic acids is 1. The van der Waals surface area contributed by atoms with Crippen LogP contribution in [0.15, 0.2) is 18.2 Å². The second-order valence-electron chi connectivity index (χ2n) is 5.72. The summed E-state index contributed by atoms with van der Waals surface area (Å²) in [5.74, 6) is -1.14. The molecule has 0 bridgehead atoms. The minimum atomic E-state index is -0.565. The van der Waals surface area contributed by atoms with E-state index in [4.69, 9.17) is 0 Å². The van der Waals surface area contributed by atoms with Crippen molar-refractivity contribution < 1.29 is 13.6 Å². The second-order valence-corrected chi connectivity index (χ2v) is 5.72. The topological polar surface area (TPSA) is 41.1 Å². The Balaban J connectivity index is 2.12. The molecule has 1 amide bonds. The molecule has 116 valence electrons. The molecule has 0 saturated carbocycles. The molecule has 1 fully saturated rings. The van der Waals surface area contributed by atoms with Gasteiger partial charge in [-0.15, -0.1) is 0 Å². The van der Waals surface area contributed by atoms with Crippen molar-refractivity contribution in [2.24, 2.45) is 0 Å². The molecular formula is C16H22F2N2O. The first kappa shape index (κ1) is 15.9. The average Bonchev–Trinajstić information content (AvgIpc) is 2.91. The minimum absolute atomic E-state index is 0.127. The third kappa shape index (κ3) is 3.40. The standard InChI is InChI=1S/C16H22F2N2O/c1-3-7-16(8-4-9-19-16)15(21)20-11(2)13-10-12(17)5-6-14(13)18/h5-6,10-11,19H,3-4,7-9H2,1-2H3,(H,20,21). The molecule has 0 spiro atoms. The third-order valence-corrected chi connectivity index (χ3v) is 4.13. The van der Waals surface area contributed by atoms with Crippen LogP contribution in [-0.4, -0.2) is 18.0 Å². The van der Waals surface area contributed by atoms with Crippen molar-refractivity contribution >= 4 is 5.91 Å². The monoisotopic (exact) mass is 296 g/mol. The van der Waals surface area contributed by atoms with E-state index in [1.165, 1.54) is 0 Å². The smallest absolute Gasteiger partial charge is 0.240 e. The van der Waals surface area contributed by atoms with Gasteiger partial charge < -0.3 is 10.6 Å². The van der Waals surface area contributed by atoms with Crippen molar-refractivity contribution in [2.75, 3.05) is 6.54 Å². The van der Waals surface area contributed by atoms with Crippen molar-refractivity contribution in [3.63, 3.8) is 0 Å². The van der Waals surface area contributed by atoms with E-state index in [-0.39, 0.29) is 11.5 Å². The first-order chi connectivity index (χ1) is 9.98. The van der Waals surface area contributed by atoms with E-state index in [1.54, 1.807) is 6.92 Å². The molecule has 0 aliphatic carbocycles. The van der Waals surface area contributed by atoms with Gasteiger partial charge in [0.25, 0.3) is 0 Å². The van der Waals surface area contributed by atoms with Crippen LogP contribution in [-0.2, 0) is 4.79 Å². The van der Waals surface area contributed by atoms with E-state index in [2.05, 4.69) is 10.6 Å². The maximum atomic E-state index is 13.8. The van der Waals surface area contributed by atoms with Crippen LogP contribution in [0, 0.1) is 11.6 Å². The first-order valence-corrected chi connectivity index (χ1v) is 7.49. The summed E-state index contributed by atoms with van der Waals surface area (Å²) in [4.78, 5) is 12.5. The fourth-order valence-corrected chi connectivity index (χ4v) is 3.01. The molecule has 1 aromatic carbocycles. The number of benzene rings is 1. The predicted molar refractivity (Wildman–Crippen MR) is 77.8 cm³/mol. The van der Waals surface area contributed by atoms with E-state index in [0.717, 1.165) is 50.4 Å². The van der Waals surface area contributed by atoms with Crippen LogP contribution in [0.4, 0.5) is 8.78 Å². The zero-order chi connectivity index (χ0) is 15.5. The van der Waals surface area contributed by atoms with Crippen LogP contribution in [0.3, 0.4) is 0 Å². The lowest BCUT2D eigenvalue weighted by molar-refractivity contribution is -0.128. The molecule has 3 nitrogen and oxygen atoms in total. The zero-order valence-corrected chi connectivity index (χ0v) is 12.5. The Morgan fingerprint density at radius 2 is 2.24 bits per heavy atom. The SMILES string of the molecule is CCCC1(C(=O)NC(C)c2cc(F)ccc2F)CCCN1. The second kappa shape index (κ2) is 6.52. The summed E-state index contributed by atoms with van der Waals surface area (Å²) in [5.41, 5.74) is -0.389. The molecule has 21 heavy (non-hydrogen) atoms. The predicted octanol–water partition coefficient (Wildman–Crippen LogP) is 3.06. The molecular weight excluding hydrogens is 274 g/mol. The van der Waals surface area contributed by atoms with Crippen molar-refractivity contribution in [1.82, 2.24) is 10.6 Å². The number of amides is 1. The summed E-state index contributed by atoms with van der Waals surface area (Å²) < 4.78 is 27.0. The summed E-state index contributed by atoms with van der Waals surface area (Å²) >= 11 is 0. The van der Waals surface area contributed by atoms with E-state index >= 15 is 0 Å². The van der Waals surface area contributed by atoms with Crippen LogP contribution < -0.4 is 10.6 Å². The lowest BCUT2D eigenvalue weighted by Crippen LogP contribution is -2.53. The largest absolute Gasteiger partial charge is 0.348 e. The van der Waals surface area contributed by atoms with Crippen LogP contribution in [0.5, 0.6) is 0 Å². The number of hydrogen-bond donors (Lipinski definition) is 2. The van der Waals surface area contributed by atoms with E-state index in [0.29, 0.717) is 0 Å². The third-order valence-electron chi connectivity index (χ3n) is 4.13. The molecule has 2 N–H and O–H groups in total. The summed E-state index contributed by atoms with van der Waals surface area (Å²) in [6.45, 7) is 4.52. The van der Waals surface area contributed by atoms with Gasteiger partial charge in [0.2, 0.25) is 5.91 Å². The Labute approximate surface area is 124 Å². The first-order valence-electron chi connectivity index (χ1n) is 7.49. The van der Waals surface area contributed by atoms with Gasteiger partial charge >= 0.3 is 0 Å². The number of halogens is 2. The molecule has 1 aromatic rings. The Kier molecular flexibility index (Phi) is 4.93. The summed E-state index contributed by atoms with van der Waals surface area (Å²) in [7, 11) is 0. The number of nitrogens with one attached hydrogen (secondary N) is 2. The Hall–Kier alpha value is -1.49. The maximum absolute atomic E-state index is 13.8. The highest BCUT2D eigenvalue weighted by atomic mass is 19.1. The molecule has 2 atom stereocenters. The van der Waals surface area contributed by atoms with Gasteiger partial charge in [0.15, 0.2) is 0 Å². The van der Waals surface area contributed by atoms with Gasteiger partial charge in [0.05, 0.1) is 11.6 Å². The molecule has 1 aliphatic heterocycles. The van der Waals surface area contributed by atoms with E-state index in [9.17, 15) is 13.6 Å². The van der Waals surface area contributed by atoms with Crippen LogP contribution in [0.25, 0.3) is 0 Å². The molecule has 2 unspecified atom stereocenters. The van der Waals surface area contributed by atoms with Crippen LogP contribution >= 0.6 is 0 Å². The fourth-order valence-electron chi connectivity index (χ4n) is 3.01. The Morgan fingerprint density at radius 1 is 1.48 bits per heavy atom. The summed E-state index contributed by atoms with van der Waals surface area (Å²) in [5, 5.41) is 6.10. The maximum Gasteiger partial charge on any atom is 0.240 e. The molecule has 2 rings (SSSR count). The van der Waals surface area contributed by atoms with Crippen molar-refractivity contribution in [3.05, 3.63) is 35.4 Å². The summed E-state index contributed by atoms with van der Waals surface area (Å²) in [6.07, 6.45) is 3.38. The number of rotatable bonds is 5. The average molecular weight is 296 g/mol. The van der Waals surface area contributed by atoms with Gasteiger partial charge in [-0.25, -0.2) is 8.78 Å². The van der Waals surface area contributed by atoms with Gasteiger partial charge in [-0.2, -0.15) is 0 Å². The molecule has 5 heteroatoms. The molecule has 1 aliphatic rings. The minimum Gasteiger partial charge on any atom is -0.348 e. The van der Waals surface area contributed by atoms with Gasteiger partial charge in [-0.05, 0) is 50.9 Å². The summed E-state index contributed by atoms with van der Waals surface area (Å²) in [6, 6.07) is 2.73. The molecule has 0 aromatic heterocycles. The van der Waals surface area contributed by atoms with Gasteiger partial charge in [0.1, 0.15) is 11.6 Å². The number of hydrogen-bond acceptors (Lipinski definition) is 2. The lowest BCUT2D eigenvalue weighted by atomic mass is 9.90. The van der Waals surface area contributed by atoms with E-state index in [1.807, 2.05) is 6.92 Å². The molecule has 0 radical (unpaired) electrons. The highest BCUT2D eigenvalue weighted by Gasteiger charge is 2.40. The lowest BCUT2D eigenvalue weighted by Gasteiger charge is -2.29. The van der Waals surface area contributed by atoms with E-state index < -0.39 is 23.2 Å². The normalized spacial score (nSPS) is 23.0. The van der Waals surface area contributed by atoms with Crippen molar-refractivity contribution in [2.45, 2.75) is 51.1 Å². The van der Waals surface area contributed by atoms with Gasteiger partial charge in [-0.3, -0.25) is 4.79 Å². The van der Waals surface area contributed by atoms with Crippen LogP contribution in [0.2, 0.25) is 0 Å². The van der Waals surface area contributed by atoms with Gasteiger partial charge in [0, 0.05) is 5.56 Å².